The summed E-state index contributed by atoms with van der Waals surface area (Å²) in [4.78, 5) is 0.852. The van der Waals surface area contributed by atoms with E-state index < -0.39 is 0 Å². The highest BCUT2D eigenvalue weighted by Gasteiger charge is 2.01. The van der Waals surface area contributed by atoms with E-state index in [1.54, 1.807) is 0 Å². The first kappa shape index (κ1) is 9.56. The van der Waals surface area contributed by atoms with Crippen LogP contribution >= 0.6 is 12.6 Å². The molecule has 0 aromatic carbocycles. The van der Waals surface area contributed by atoms with Gasteiger partial charge in [-0.1, -0.05) is 19.0 Å². The number of nitrogens with zero attached hydrogens (tertiary/aromatic N) is 1. The number of rotatable bonds is 0. The largest absolute Gasteiger partial charge is 0.360 e. The summed E-state index contributed by atoms with van der Waals surface area (Å²) in [6, 6.07) is 0. The van der Waals surface area contributed by atoms with E-state index in [9.17, 15) is 0 Å². The van der Waals surface area contributed by atoms with Crippen LogP contribution in [-0.2, 0) is 0 Å². The molecule has 0 N–H and O–H groups in total. The van der Waals surface area contributed by atoms with Crippen molar-refractivity contribution >= 4 is 12.6 Å². The minimum absolute atomic E-state index is 0.783. The molecule has 0 spiro atoms. The van der Waals surface area contributed by atoms with Crippen LogP contribution in [0, 0.1) is 13.8 Å². The van der Waals surface area contributed by atoms with Crippen molar-refractivity contribution in [1.29, 1.82) is 0 Å². The monoisotopic (exact) mass is 159 g/mol. The van der Waals surface area contributed by atoms with E-state index in [1.807, 2.05) is 27.7 Å². The molecule has 1 heterocycles. The van der Waals surface area contributed by atoms with Crippen LogP contribution in [0.5, 0.6) is 0 Å². The SMILES string of the molecule is CC.Cc1noc(C)c1S. The minimum atomic E-state index is 0.783. The Balaban J connectivity index is 0.000000371. The number of hydrogen-bond acceptors (Lipinski definition) is 3. The Bertz CT molecular complexity index is 176. The summed E-state index contributed by atoms with van der Waals surface area (Å²) in [6.45, 7) is 7.70. The van der Waals surface area contributed by atoms with Gasteiger partial charge in [-0.15, -0.1) is 12.6 Å². The average Bonchev–Trinajstić information content (AvgIpc) is 2.25. The molecule has 0 aliphatic carbocycles. The van der Waals surface area contributed by atoms with E-state index >= 15 is 0 Å². The Morgan fingerprint density at radius 3 is 1.90 bits per heavy atom. The van der Waals surface area contributed by atoms with Gasteiger partial charge in [-0.25, -0.2) is 0 Å². The van der Waals surface area contributed by atoms with Gasteiger partial charge in [0.1, 0.15) is 5.76 Å². The van der Waals surface area contributed by atoms with E-state index in [2.05, 4.69) is 17.8 Å². The summed E-state index contributed by atoms with van der Waals surface area (Å²) in [5, 5.41) is 3.66. The normalized spacial score (nSPS) is 8.50. The summed E-state index contributed by atoms with van der Waals surface area (Å²) in [5.74, 6) is 0.783. The second kappa shape index (κ2) is 4.39. The van der Waals surface area contributed by atoms with Gasteiger partial charge in [-0.05, 0) is 13.8 Å². The molecule has 0 aliphatic heterocycles. The molecule has 10 heavy (non-hydrogen) atoms. The highest BCUT2D eigenvalue weighted by atomic mass is 32.1. The zero-order valence-corrected chi connectivity index (χ0v) is 7.70. The van der Waals surface area contributed by atoms with Crippen molar-refractivity contribution in [2.75, 3.05) is 0 Å². The Hall–Kier alpha value is -0.440. The quantitative estimate of drug-likeness (QED) is 0.589. The van der Waals surface area contributed by atoms with E-state index in [0.717, 1.165) is 16.3 Å². The van der Waals surface area contributed by atoms with Crippen molar-refractivity contribution in [1.82, 2.24) is 5.16 Å². The van der Waals surface area contributed by atoms with Gasteiger partial charge in [0.05, 0.1) is 10.6 Å². The van der Waals surface area contributed by atoms with Crippen molar-refractivity contribution in [3.8, 4) is 0 Å². The van der Waals surface area contributed by atoms with E-state index in [0.29, 0.717) is 0 Å². The predicted octanol–water partition coefficient (Wildman–Crippen LogP) is 2.61. The lowest BCUT2D eigenvalue weighted by Crippen LogP contribution is -1.67. The fourth-order valence-electron chi connectivity index (χ4n) is 0.478. The summed E-state index contributed by atoms with van der Waals surface area (Å²) < 4.78 is 4.77. The van der Waals surface area contributed by atoms with Crippen LogP contribution in [0.4, 0.5) is 0 Å². The van der Waals surface area contributed by atoms with Crippen molar-refractivity contribution in [2.24, 2.45) is 0 Å². The zero-order valence-electron chi connectivity index (χ0n) is 6.80. The van der Waals surface area contributed by atoms with Crippen LogP contribution in [0.15, 0.2) is 9.42 Å². The lowest BCUT2D eigenvalue weighted by molar-refractivity contribution is 0.391. The van der Waals surface area contributed by atoms with Crippen LogP contribution in [0.1, 0.15) is 25.3 Å². The van der Waals surface area contributed by atoms with Crippen molar-refractivity contribution in [3.63, 3.8) is 0 Å². The van der Waals surface area contributed by atoms with Crippen LogP contribution in [0.2, 0.25) is 0 Å². The fourth-order valence-corrected chi connectivity index (χ4v) is 0.560. The highest BCUT2D eigenvalue weighted by molar-refractivity contribution is 7.80. The summed E-state index contributed by atoms with van der Waals surface area (Å²) >= 11 is 4.11. The number of hydrogen-bond donors (Lipinski definition) is 1. The maximum atomic E-state index is 4.77. The van der Waals surface area contributed by atoms with Gasteiger partial charge in [-0.2, -0.15) is 0 Å². The molecular formula is C7H13NOS. The van der Waals surface area contributed by atoms with Crippen molar-refractivity contribution in [2.45, 2.75) is 32.6 Å². The molecule has 3 heteroatoms. The number of aromatic nitrogens is 1. The number of thiol groups is 1. The smallest absolute Gasteiger partial charge is 0.147 e. The maximum absolute atomic E-state index is 4.77. The second-order valence-corrected chi connectivity index (χ2v) is 2.12. The molecule has 1 aromatic heterocycles. The molecule has 1 rings (SSSR count). The lowest BCUT2D eigenvalue weighted by Gasteiger charge is -1.79. The third kappa shape index (κ3) is 2.06. The summed E-state index contributed by atoms with van der Waals surface area (Å²) in [5.41, 5.74) is 0.853. The van der Waals surface area contributed by atoms with Gasteiger partial charge >= 0.3 is 0 Å². The van der Waals surface area contributed by atoms with Crippen LogP contribution in [-0.4, -0.2) is 5.16 Å². The molecule has 0 radical (unpaired) electrons. The maximum Gasteiger partial charge on any atom is 0.147 e. The van der Waals surface area contributed by atoms with E-state index in [4.69, 9.17) is 4.52 Å². The van der Waals surface area contributed by atoms with Crippen LogP contribution in [0.25, 0.3) is 0 Å². The lowest BCUT2D eigenvalue weighted by atomic mass is 10.4. The topological polar surface area (TPSA) is 26.0 Å². The van der Waals surface area contributed by atoms with Gasteiger partial charge in [0.15, 0.2) is 0 Å². The second-order valence-electron chi connectivity index (χ2n) is 1.67. The molecule has 0 amide bonds. The molecule has 0 saturated carbocycles. The predicted molar refractivity (Wildman–Crippen MR) is 44.6 cm³/mol. The Morgan fingerprint density at radius 1 is 1.30 bits per heavy atom. The third-order valence-electron chi connectivity index (χ3n) is 0.996. The Morgan fingerprint density at radius 2 is 1.80 bits per heavy atom. The van der Waals surface area contributed by atoms with Gasteiger partial charge in [0, 0.05) is 0 Å². The standard InChI is InChI=1S/C5H7NOS.C2H6/c1-3-5(8)4(2)7-6-3;1-2/h8H,1-2H3;1-2H3. The Labute approximate surface area is 67.0 Å². The summed E-state index contributed by atoms with van der Waals surface area (Å²) in [7, 11) is 0. The first-order valence-corrected chi connectivity index (χ1v) is 3.78. The average molecular weight is 159 g/mol. The molecule has 0 saturated heterocycles. The van der Waals surface area contributed by atoms with Crippen molar-refractivity contribution < 1.29 is 4.52 Å². The zero-order chi connectivity index (χ0) is 8.15. The fraction of sp³-hybridized carbons (Fsp3) is 0.571. The minimum Gasteiger partial charge on any atom is -0.360 e. The molecule has 0 aliphatic rings. The molecule has 58 valence electrons. The van der Waals surface area contributed by atoms with E-state index in [-0.39, 0.29) is 0 Å². The van der Waals surface area contributed by atoms with Crippen LogP contribution < -0.4 is 0 Å². The molecule has 0 fully saturated rings. The molecule has 1 aromatic rings. The van der Waals surface area contributed by atoms with Gasteiger partial charge in [0.2, 0.25) is 0 Å². The van der Waals surface area contributed by atoms with Crippen LogP contribution in [0.3, 0.4) is 0 Å². The third-order valence-corrected chi connectivity index (χ3v) is 1.63. The molecular weight excluding hydrogens is 146 g/mol. The van der Waals surface area contributed by atoms with Gasteiger partial charge < -0.3 is 4.52 Å². The highest BCUT2D eigenvalue weighted by Crippen LogP contribution is 2.15. The molecule has 2 nitrogen and oxygen atoms in total. The summed E-state index contributed by atoms with van der Waals surface area (Å²) in [6.07, 6.45) is 0. The van der Waals surface area contributed by atoms with Crippen molar-refractivity contribution in [3.05, 3.63) is 11.5 Å². The van der Waals surface area contributed by atoms with Gasteiger partial charge in [-0.3, -0.25) is 0 Å². The molecule has 0 atom stereocenters. The first-order chi connectivity index (χ1) is 4.72. The first-order valence-electron chi connectivity index (χ1n) is 3.33. The molecule has 0 bridgehead atoms. The van der Waals surface area contributed by atoms with Gasteiger partial charge in [0.25, 0.3) is 0 Å². The van der Waals surface area contributed by atoms with E-state index in [1.165, 1.54) is 0 Å². The molecule has 0 unspecified atom stereocenters. The number of aryl methyl sites for hydroxylation is 2. The Kier molecular flexibility index (Phi) is 4.19.